The zero-order valence-electron chi connectivity index (χ0n) is 13.8. The van der Waals surface area contributed by atoms with Gasteiger partial charge in [-0.3, -0.25) is 4.79 Å². The van der Waals surface area contributed by atoms with Crippen LogP contribution in [-0.2, 0) is 22.4 Å². The second kappa shape index (κ2) is 7.18. The molecule has 6 heteroatoms. The van der Waals surface area contributed by atoms with E-state index in [0.717, 1.165) is 22.7 Å². The normalized spacial score (nSPS) is 15.7. The Bertz CT molecular complexity index is 712. The minimum absolute atomic E-state index is 0.167. The van der Waals surface area contributed by atoms with Gasteiger partial charge in [0, 0.05) is 10.3 Å². The average Bonchev–Trinajstić information content (AvgIpc) is 2.91. The second-order valence-electron chi connectivity index (χ2n) is 6.35. The highest BCUT2D eigenvalue weighted by Gasteiger charge is 2.23. The van der Waals surface area contributed by atoms with Gasteiger partial charge in [0.05, 0.1) is 6.61 Å². The van der Waals surface area contributed by atoms with E-state index in [0.29, 0.717) is 12.5 Å². The summed E-state index contributed by atoms with van der Waals surface area (Å²) >= 11 is 3.27. The van der Waals surface area contributed by atoms with Crippen molar-refractivity contribution < 1.29 is 9.53 Å². The minimum Gasteiger partial charge on any atom is -0.465 e. The first-order chi connectivity index (χ1) is 11.1. The van der Waals surface area contributed by atoms with Crippen molar-refractivity contribution in [2.45, 2.75) is 56.7 Å². The van der Waals surface area contributed by atoms with E-state index in [9.17, 15) is 4.79 Å². The smallest absolute Gasteiger partial charge is 0.319 e. The Morgan fingerprint density at radius 3 is 2.87 bits per heavy atom. The third-order valence-electron chi connectivity index (χ3n) is 3.90. The van der Waals surface area contributed by atoms with Crippen LogP contribution in [0, 0.1) is 5.92 Å². The van der Waals surface area contributed by atoms with Crippen LogP contribution in [-0.4, -0.2) is 27.8 Å². The van der Waals surface area contributed by atoms with Gasteiger partial charge in [-0.25, -0.2) is 9.97 Å². The highest BCUT2D eigenvalue weighted by atomic mass is 32.2. The molecule has 3 rings (SSSR count). The number of fused-ring (bicyclic) bond motifs is 3. The van der Waals surface area contributed by atoms with Crippen LogP contribution in [0.4, 0.5) is 0 Å². The molecule has 0 aliphatic heterocycles. The molecular weight excluding hydrogens is 328 g/mol. The Morgan fingerprint density at radius 1 is 1.30 bits per heavy atom. The molecule has 0 N–H and O–H groups in total. The lowest BCUT2D eigenvalue weighted by Gasteiger charge is -2.14. The molecule has 0 saturated carbocycles. The van der Waals surface area contributed by atoms with E-state index in [4.69, 9.17) is 4.74 Å². The summed E-state index contributed by atoms with van der Waals surface area (Å²) in [5, 5.41) is 1.83. The number of nitrogens with zero attached hydrogens (tertiary/aromatic N) is 2. The monoisotopic (exact) mass is 350 g/mol. The molecule has 1 aliphatic rings. The summed E-state index contributed by atoms with van der Waals surface area (Å²) < 4.78 is 5.34. The fraction of sp³-hybridized carbons (Fsp3) is 0.588. The van der Waals surface area contributed by atoms with E-state index >= 15 is 0 Å². The average molecular weight is 351 g/mol. The number of thioether (sulfide) groups is 1. The third kappa shape index (κ3) is 3.69. The Morgan fingerprint density at radius 2 is 2.09 bits per heavy atom. The van der Waals surface area contributed by atoms with Crippen LogP contribution in [0.3, 0.4) is 0 Å². The number of aromatic nitrogens is 2. The number of esters is 1. The maximum Gasteiger partial charge on any atom is 0.319 e. The predicted octanol–water partition coefficient (Wildman–Crippen LogP) is 4.25. The minimum atomic E-state index is -0.258. The van der Waals surface area contributed by atoms with E-state index in [1.165, 1.54) is 40.4 Å². The van der Waals surface area contributed by atoms with Crippen molar-refractivity contribution in [3.05, 3.63) is 16.8 Å². The predicted molar refractivity (Wildman–Crippen MR) is 95.2 cm³/mol. The van der Waals surface area contributed by atoms with Crippen LogP contribution < -0.4 is 0 Å². The van der Waals surface area contributed by atoms with E-state index in [-0.39, 0.29) is 11.2 Å². The lowest BCUT2D eigenvalue weighted by Crippen LogP contribution is -2.19. The molecule has 0 spiro atoms. The fourth-order valence-electron chi connectivity index (χ4n) is 2.73. The van der Waals surface area contributed by atoms with E-state index in [1.54, 1.807) is 17.7 Å². The molecule has 2 heterocycles. The summed E-state index contributed by atoms with van der Waals surface area (Å²) in [6.07, 6.45) is 6.34. The van der Waals surface area contributed by atoms with Crippen LogP contribution in [0.5, 0.6) is 0 Å². The molecule has 0 radical (unpaired) electrons. The summed E-state index contributed by atoms with van der Waals surface area (Å²) in [6, 6.07) is 0. The number of carbonyl (C=O) groups is 1. The van der Waals surface area contributed by atoms with Gasteiger partial charge in [-0.05, 0) is 44.1 Å². The van der Waals surface area contributed by atoms with Crippen molar-refractivity contribution in [2.24, 2.45) is 5.92 Å². The molecule has 1 atom stereocenters. The molecule has 2 aromatic heterocycles. The molecule has 1 aliphatic carbocycles. The van der Waals surface area contributed by atoms with E-state index in [1.807, 2.05) is 20.8 Å². The van der Waals surface area contributed by atoms with Gasteiger partial charge in [-0.2, -0.15) is 0 Å². The molecule has 4 nitrogen and oxygen atoms in total. The van der Waals surface area contributed by atoms with Crippen molar-refractivity contribution in [3.63, 3.8) is 0 Å². The summed E-state index contributed by atoms with van der Waals surface area (Å²) in [5.74, 6) is 0.186. The molecule has 0 aromatic carbocycles. The zero-order chi connectivity index (χ0) is 16.4. The van der Waals surface area contributed by atoms with Crippen molar-refractivity contribution in [2.75, 3.05) is 6.61 Å². The van der Waals surface area contributed by atoms with E-state index < -0.39 is 0 Å². The summed E-state index contributed by atoms with van der Waals surface area (Å²) in [7, 11) is 0. The molecule has 0 amide bonds. The number of hydrogen-bond donors (Lipinski definition) is 0. The quantitative estimate of drug-likeness (QED) is 0.458. The number of ether oxygens (including phenoxy) is 1. The Labute approximate surface area is 145 Å². The van der Waals surface area contributed by atoms with Gasteiger partial charge in [0.1, 0.15) is 21.4 Å². The number of hydrogen-bond acceptors (Lipinski definition) is 6. The number of aryl methyl sites for hydroxylation is 2. The highest BCUT2D eigenvalue weighted by molar-refractivity contribution is 8.00. The van der Waals surface area contributed by atoms with Crippen LogP contribution in [0.1, 0.15) is 44.1 Å². The van der Waals surface area contributed by atoms with Crippen molar-refractivity contribution in [3.8, 4) is 0 Å². The van der Waals surface area contributed by atoms with Crippen LogP contribution in [0.25, 0.3) is 10.2 Å². The first kappa shape index (κ1) is 16.7. The highest BCUT2D eigenvalue weighted by Crippen LogP contribution is 2.40. The molecule has 0 fully saturated rings. The molecule has 0 bridgehead atoms. The van der Waals surface area contributed by atoms with Crippen molar-refractivity contribution in [1.82, 2.24) is 9.97 Å². The second-order valence-corrected chi connectivity index (χ2v) is 8.77. The first-order valence-electron chi connectivity index (χ1n) is 8.14. The lowest BCUT2D eigenvalue weighted by molar-refractivity contribution is -0.143. The first-order valence-corrected chi connectivity index (χ1v) is 9.84. The van der Waals surface area contributed by atoms with Crippen LogP contribution in [0.2, 0.25) is 0 Å². The van der Waals surface area contributed by atoms with Crippen LogP contribution in [0.15, 0.2) is 11.4 Å². The number of thiophene rings is 1. The SMILES string of the molecule is CC(C)COC(=O)C(C)Sc1ncnc2sc3c(c12)CCCC3. The standard InChI is InChI=1S/C17H22N2O2S2/c1-10(2)8-21-17(20)11(3)22-15-14-12-6-4-5-7-13(12)23-16(14)19-9-18-15/h9-11H,4-8H2,1-3H3. The van der Waals surface area contributed by atoms with Crippen LogP contribution >= 0.6 is 23.1 Å². The molecule has 2 aromatic rings. The van der Waals surface area contributed by atoms with E-state index in [2.05, 4.69) is 9.97 Å². The molecule has 23 heavy (non-hydrogen) atoms. The largest absolute Gasteiger partial charge is 0.465 e. The molecule has 124 valence electrons. The maximum absolute atomic E-state index is 12.1. The van der Waals surface area contributed by atoms with Gasteiger partial charge in [0.15, 0.2) is 0 Å². The zero-order valence-corrected chi connectivity index (χ0v) is 15.4. The van der Waals surface area contributed by atoms with Gasteiger partial charge >= 0.3 is 5.97 Å². The summed E-state index contributed by atoms with van der Waals surface area (Å²) in [6.45, 7) is 6.43. The summed E-state index contributed by atoms with van der Waals surface area (Å²) in [5.41, 5.74) is 1.40. The van der Waals surface area contributed by atoms with Gasteiger partial charge < -0.3 is 4.74 Å². The lowest BCUT2D eigenvalue weighted by atomic mass is 9.97. The van der Waals surface area contributed by atoms with Gasteiger partial charge in [-0.15, -0.1) is 11.3 Å². The number of rotatable bonds is 5. The van der Waals surface area contributed by atoms with Crippen molar-refractivity contribution in [1.29, 1.82) is 0 Å². The fourth-order valence-corrected chi connectivity index (χ4v) is 4.97. The third-order valence-corrected chi connectivity index (χ3v) is 6.17. The Hall–Kier alpha value is -1.14. The molecule has 0 saturated heterocycles. The van der Waals surface area contributed by atoms with Gasteiger partial charge in [0.2, 0.25) is 0 Å². The number of carbonyl (C=O) groups excluding carboxylic acids is 1. The van der Waals surface area contributed by atoms with Gasteiger partial charge in [0.25, 0.3) is 0 Å². The summed E-state index contributed by atoms with van der Waals surface area (Å²) in [4.78, 5) is 23.5. The Kier molecular flexibility index (Phi) is 5.21. The van der Waals surface area contributed by atoms with Crippen molar-refractivity contribution >= 4 is 39.3 Å². The molecule has 1 unspecified atom stereocenters. The maximum atomic E-state index is 12.1. The Balaban J connectivity index is 1.82. The topological polar surface area (TPSA) is 52.1 Å². The molecular formula is C17H22N2O2S2. The van der Waals surface area contributed by atoms with Gasteiger partial charge in [-0.1, -0.05) is 25.6 Å².